The van der Waals surface area contributed by atoms with Gasteiger partial charge in [-0.2, -0.15) is 4.31 Å². The summed E-state index contributed by atoms with van der Waals surface area (Å²) in [6.07, 6.45) is 4.62. The van der Waals surface area contributed by atoms with Gasteiger partial charge in [-0.1, -0.05) is 57.0 Å². The van der Waals surface area contributed by atoms with Gasteiger partial charge < -0.3 is 4.74 Å². The van der Waals surface area contributed by atoms with E-state index in [1.54, 1.807) is 18.4 Å². The summed E-state index contributed by atoms with van der Waals surface area (Å²) in [5.74, 6) is 0.147. The molecule has 4 rings (SSSR count). The average Bonchev–Trinajstić information content (AvgIpc) is 3.11. The highest BCUT2D eigenvalue weighted by Gasteiger charge is 2.77. The number of rotatable bonds is 4. The quantitative estimate of drug-likeness (QED) is 0.584. The maximum absolute atomic E-state index is 14.3. The molecule has 1 aromatic carbocycles. The van der Waals surface area contributed by atoms with Crippen molar-refractivity contribution in [2.75, 3.05) is 6.54 Å². The molecule has 168 valence electrons. The lowest BCUT2D eigenvalue weighted by atomic mass is 9.88. The third-order valence-electron chi connectivity index (χ3n) is 7.22. The number of ether oxygens (including phenoxy) is 1. The highest BCUT2D eigenvalue weighted by molar-refractivity contribution is 7.89. The predicted molar refractivity (Wildman–Crippen MR) is 129 cm³/mol. The molecule has 1 aromatic rings. The van der Waals surface area contributed by atoms with E-state index in [9.17, 15) is 13.2 Å². The Labute approximate surface area is 188 Å². The van der Waals surface area contributed by atoms with Gasteiger partial charge in [0.1, 0.15) is 0 Å². The van der Waals surface area contributed by atoms with Crippen molar-refractivity contribution >= 4 is 32.0 Å². The Kier molecular flexibility index (Phi) is 4.95. The van der Waals surface area contributed by atoms with Crippen LogP contribution in [-0.2, 0) is 19.6 Å². The monoisotopic (exact) mass is 475 g/mol. The maximum atomic E-state index is 14.3. The first kappa shape index (κ1) is 22.7. The first-order valence-electron chi connectivity index (χ1n) is 10.9. The number of sulfonamides is 1. The number of carbonyl (C=O) groups excluding carboxylic acids is 1. The molecule has 5 nitrogen and oxygen atoms in total. The summed E-state index contributed by atoms with van der Waals surface area (Å²) in [4.78, 5) is 14.5. The van der Waals surface area contributed by atoms with Gasteiger partial charge >= 0.3 is 0 Å². The molecule has 1 aliphatic carbocycles. The summed E-state index contributed by atoms with van der Waals surface area (Å²) in [7, 11) is -8.17. The molecule has 1 saturated heterocycles. The zero-order valence-electron chi connectivity index (χ0n) is 19.6. The van der Waals surface area contributed by atoms with Gasteiger partial charge in [-0.05, 0) is 48.7 Å². The van der Waals surface area contributed by atoms with Gasteiger partial charge in [-0.3, -0.25) is 4.79 Å². The molecule has 0 saturated carbocycles. The van der Waals surface area contributed by atoms with Gasteiger partial charge in [0.15, 0.2) is 5.78 Å². The van der Waals surface area contributed by atoms with E-state index >= 15 is 0 Å². The normalized spacial score (nSPS) is 29.2. The first-order chi connectivity index (χ1) is 14.2. The number of aryl methyl sites for hydroxylation is 1. The van der Waals surface area contributed by atoms with Crippen LogP contribution in [0.1, 0.15) is 18.4 Å². The number of benzene rings is 1. The first-order valence-corrected chi connectivity index (χ1v) is 19.4. The third-order valence-corrected chi connectivity index (χ3v) is 14.5. The Morgan fingerprint density at radius 2 is 1.65 bits per heavy atom. The molecule has 2 aliphatic heterocycles. The molecule has 2 heterocycles. The Balaban J connectivity index is 2.04. The molecule has 0 N–H and O–H groups in total. The highest BCUT2D eigenvalue weighted by atomic mass is 32.2. The summed E-state index contributed by atoms with van der Waals surface area (Å²) in [5.41, 5.74) is 0.700. The van der Waals surface area contributed by atoms with Crippen molar-refractivity contribution in [1.29, 1.82) is 0 Å². The Morgan fingerprint density at radius 1 is 1.03 bits per heavy atom. The average molecular weight is 476 g/mol. The van der Waals surface area contributed by atoms with Gasteiger partial charge in [0.25, 0.3) is 0 Å². The molecular weight excluding hydrogens is 442 g/mol. The minimum absolute atomic E-state index is 0.147. The summed E-state index contributed by atoms with van der Waals surface area (Å²) in [6.45, 7) is 15.3. The molecule has 1 spiro atoms. The fourth-order valence-electron chi connectivity index (χ4n) is 5.87. The van der Waals surface area contributed by atoms with E-state index in [1.807, 2.05) is 25.1 Å². The molecule has 2 atom stereocenters. The minimum atomic E-state index is -3.85. The maximum Gasteiger partial charge on any atom is 0.246 e. The fraction of sp³-hybridized carbons (Fsp3) is 0.522. The fourth-order valence-corrected chi connectivity index (χ4v) is 12.8. The van der Waals surface area contributed by atoms with E-state index in [4.69, 9.17) is 4.74 Å². The van der Waals surface area contributed by atoms with Crippen LogP contribution in [0.2, 0.25) is 44.3 Å². The van der Waals surface area contributed by atoms with E-state index in [0.29, 0.717) is 19.4 Å². The summed E-state index contributed by atoms with van der Waals surface area (Å²) >= 11 is 0. The molecule has 0 aromatic heterocycles. The zero-order valence-corrected chi connectivity index (χ0v) is 22.4. The number of carbonyl (C=O) groups is 1. The van der Waals surface area contributed by atoms with Crippen LogP contribution in [0.4, 0.5) is 0 Å². The van der Waals surface area contributed by atoms with Crippen LogP contribution in [-0.4, -0.2) is 46.9 Å². The van der Waals surface area contributed by atoms with Crippen LogP contribution < -0.4 is 0 Å². The van der Waals surface area contributed by atoms with Crippen LogP contribution in [0.5, 0.6) is 0 Å². The Morgan fingerprint density at radius 3 is 2.19 bits per heavy atom. The summed E-state index contributed by atoms with van der Waals surface area (Å²) in [5, 5.41) is 0.0498. The van der Waals surface area contributed by atoms with Crippen molar-refractivity contribution in [2.45, 2.75) is 74.7 Å². The van der Waals surface area contributed by atoms with Crippen molar-refractivity contribution in [3.63, 3.8) is 0 Å². The zero-order chi connectivity index (χ0) is 23.0. The molecule has 0 amide bonds. The van der Waals surface area contributed by atoms with Crippen molar-refractivity contribution in [1.82, 2.24) is 4.31 Å². The van der Waals surface area contributed by atoms with Crippen molar-refractivity contribution < 1.29 is 17.9 Å². The third kappa shape index (κ3) is 2.81. The van der Waals surface area contributed by atoms with Crippen LogP contribution in [0.25, 0.3) is 0 Å². The number of allylic oxidation sites excluding steroid dienone is 2. The second kappa shape index (κ2) is 6.76. The lowest BCUT2D eigenvalue weighted by Crippen LogP contribution is -2.65. The van der Waals surface area contributed by atoms with Crippen molar-refractivity contribution in [2.24, 2.45) is 0 Å². The van der Waals surface area contributed by atoms with Gasteiger partial charge in [-0.15, -0.1) is 0 Å². The molecule has 31 heavy (non-hydrogen) atoms. The lowest BCUT2D eigenvalue weighted by Gasteiger charge is -2.54. The van der Waals surface area contributed by atoms with Crippen LogP contribution in [0, 0.1) is 6.92 Å². The van der Waals surface area contributed by atoms with E-state index in [-0.39, 0.29) is 10.7 Å². The lowest BCUT2D eigenvalue weighted by molar-refractivity contribution is -0.129. The number of ketones is 1. The minimum Gasteiger partial charge on any atom is -0.475 e. The predicted octanol–water partition coefficient (Wildman–Crippen LogP) is 4.86. The standard InChI is InChI=1S/C23H33NO4SSi2/c1-17-9-11-18(12-10-17)29(26,27)24-15-13-19-20(30(2,3)4)21(25)22(31(5,6)7)14-8-16-28-23(19,22)24/h8-12,16H,13-15H2,1-7H3/t22-,23-/m0/s1. The largest absolute Gasteiger partial charge is 0.475 e. The Hall–Kier alpha value is -1.49. The van der Waals surface area contributed by atoms with Crippen LogP contribution in [0.15, 0.2) is 52.3 Å². The van der Waals surface area contributed by atoms with Crippen LogP contribution in [0.3, 0.4) is 0 Å². The van der Waals surface area contributed by atoms with Gasteiger partial charge in [0, 0.05) is 6.54 Å². The second-order valence-corrected chi connectivity index (χ2v) is 23.3. The van der Waals surface area contributed by atoms with Crippen molar-refractivity contribution in [3.05, 3.63) is 52.9 Å². The van der Waals surface area contributed by atoms with Crippen LogP contribution >= 0.6 is 0 Å². The number of Topliss-reactive ketones (excluding diaryl/α,β-unsaturated/α-hetero) is 1. The molecule has 1 fully saturated rings. The number of hydrogen-bond acceptors (Lipinski definition) is 4. The molecule has 8 heteroatoms. The summed E-state index contributed by atoms with van der Waals surface area (Å²) < 4.78 is 35.9. The Bertz CT molecular complexity index is 1110. The van der Waals surface area contributed by atoms with E-state index in [2.05, 4.69) is 39.3 Å². The molecule has 0 radical (unpaired) electrons. The summed E-state index contributed by atoms with van der Waals surface area (Å²) in [6, 6.07) is 6.96. The van der Waals surface area contributed by atoms with Gasteiger partial charge in [-0.25, -0.2) is 8.42 Å². The molecular formula is C23H33NO4SSi2. The van der Waals surface area contributed by atoms with Gasteiger partial charge in [0.2, 0.25) is 15.7 Å². The smallest absolute Gasteiger partial charge is 0.246 e. The molecule has 0 unspecified atom stereocenters. The molecule has 3 aliphatic rings. The van der Waals surface area contributed by atoms with E-state index in [0.717, 1.165) is 16.3 Å². The SMILES string of the molecule is Cc1ccc(S(=O)(=O)N2CCC3=C([Si](C)(C)C)C(=O)[C@@]4([Si](C)(C)C)CC=CO[C@]324)cc1. The number of nitrogens with zero attached hydrogens (tertiary/aromatic N) is 1. The van der Waals surface area contributed by atoms with Gasteiger partial charge in [0.05, 0.1) is 32.3 Å². The van der Waals surface area contributed by atoms with Crippen molar-refractivity contribution in [3.8, 4) is 0 Å². The number of hydrogen-bond donors (Lipinski definition) is 0. The topological polar surface area (TPSA) is 63.7 Å². The van der Waals surface area contributed by atoms with E-state index in [1.165, 1.54) is 4.31 Å². The molecule has 0 bridgehead atoms. The highest BCUT2D eigenvalue weighted by Crippen LogP contribution is 2.69. The second-order valence-electron chi connectivity index (χ2n) is 11.1. The van der Waals surface area contributed by atoms with E-state index < -0.39 is 36.9 Å².